The Hall–Kier alpha value is -9.11. The third-order valence-electron chi connectivity index (χ3n) is 12.0. The summed E-state index contributed by atoms with van der Waals surface area (Å²) in [5.41, 5.74) is 0.362. The monoisotopic (exact) mass is 900 g/mol. The SMILES string of the molecule is Fc1cccc(F)c1-c1ccc(-n2c3cc(-c4ncccn4)ccc3c3ccc(-c4ncccn4)cc32)c(C(F)(F)F)c1-n1c2cc(-c3ncccn3)ccc2c2ccc(-c3ncccn3)cc21. The highest BCUT2D eigenvalue weighted by Gasteiger charge is 2.41. The van der Waals surface area contributed by atoms with Crippen molar-refractivity contribution in [2.45, 2.75) is 6.18 Å². The first-order valence-electron chi connectivity index (χ1n) is 21.2. The molecule has 6 heterocycles. The van der Waals surface area contributed by atoms with E-state index in [0.717, 1.165) is 12.1 Å². The molecule has 326 valence electrons. The van der Waals surface area contributed by atoms with E-state index >= 15 is 22.0 Å². The van der Waals surface area contributed by atoms with Crippen molar-refractivity contribution in [2.24, 2.45) is 0 Å². The van der Waals surface area contributed by atoms with Crippen LogP contribution in [-0.4, -0.2) is 49.0 Å². The fourth-order valence-electron chi connectivity index (χ4n) is 9.12. The van der Waals surface area contributed by atoms with Crippen molar-refractivity contribution in [1.29, 1.82) is 0 Å². The van der Waals surface area contributed by atoms with Gasteiger partial charge in [0.25, 0.3) is 0 Å². The fourth-order valence-corrected chi connectivity index (χ4v) is 9.12. The second-order valence-electron chi connectivity index (χ2n) is 15.8. The first kappa shape index (κ1) is 40.4. The van der Waals surface area contributed by atoms with Gasteiger partial charge < -0.3 is 9.13 Å². The van der Waals surface area contributed by atoms with Crippen LogP contribution in [0.4, 0.5) is 22.0 Å². The zero-order valence-electron chi connectivity index (χ0n) is 35.1. The number of hydrogen-bond acceptors (Lipinski definition) is 8. The zero-order chi connectivity index (χ0) is 46.1. The van der Waals surface area contributed by atoms with Crippen LogP contribution in [0, 0.1) is 11.6 Å². The summed E-state index contributed by atoms with van der Waals surface area (Å²) in [4.78, 5) is 35.5. The molecule has 10 nitrogen and oxygen atoms in total. The van der Waals surface area contributed by atoms with Gasteiger partial charge in [-0.25, -0.2) is 48.7 Å². The van der Waals surface area contributed by atoms with Crippen LogP contribution in [-0.2, 0) is 6.18 Å². The van der Waals surface area contributed by atoms with Crippen LogP contribution in [0.15, 0.2) is 177 Å². The van der Waals surface area contributed by atoms with Crippen molar-refractivity contribution in [3.63, 3.8) is 0 Å². The summed E-state index contributed by atoms with van der Waals surface area (Å²) < 4.78 is 87.0. The minimum atomic E-state index is -5.19. The first-order valence-corrected chi connectivity index (χ1v) is 21.2. The third kappa shape index (κ3) is 6.62. The molecular weight excluding hydrogens is 872 g/mol. The maximum Gasteiger partial charge on any atom is 0.420 e. The molecule has 12 aromatic rings. The predicted octanol–water partition coefficient (Wildman–Crippen LogP) is 12.7. The van der Waals surface area contributed by atoms with Crippen molar-refractivity contribution >= 4 is 43.6 Å². The molecular formula is C53H29F5N10. The number of rotatable bonds is 7. The lowest BCUT2D eigenvalue weighted by Crippen LogP contribution is -2.17. The topological polar surface area (TPSA) is 113 Å². The second kappa shape index (κ2) is 15.8. The summed E-state index contributed by atoms with van der Waals surface area (Å²) in [5.74, 6) is -0.766. The first-order chi connectivity index (χ1) is 33.2. The van der Waals surface area contributed by atoms with E-state index in [2.05, 4.69) is 39.9 Å². The van der Waals surface area contributed by atoms with Gasteiger partial charge in [0.05, 0.1) is 39.0 Å². The Labute approximate surface area is 381 Å². The van der Waals surface area contributed by atoms with Gasteiger partial charge in [-0.05, 0) is 72.8 Å². The molecule has 0 amide bonds. The van der Waals surface area contributed by atoms with Gasteiger partial charge in [-0.2, -0.15) is 13.2 Å². The van der Waals surface area contributed by atoms with Crippen LogP contribution >= 0.6 is 0 Å². The van der Waals surface area contributed by atoms with E-state index in [9.17, 15) is 0 Å². The van der Waals surface area contributed by atoms with Crippen molar-refractivity contribution in [3.05, 3.63) is 194 Å². The molecule has 0 saturated heterocycles. The Morgan fingerprint density at radius 3 is 1.04 bits per heavy atom. The maximum absolute atomic E-state index is 17.1. The molecule has 0 aliphatic heterocycles. The van der Waals surface area contributed by atoms with Crippen molar-refractivity contribution in [3.8, 4) is 68.1 Å². The Kier molecular flexibility index (Phi) is 9.39. The van der Waals surface area contributed by atoms with E-state index in [0.29, 0.717) is 78.1 Å². The Bertz CT molecular complexity index is 3700. The number of fused-ring (bicyclic) bond motifs is 6. The van der Waals surface area contributed by atoms with E-state index in [1.54, 1.807) is 122 Å². The van der Waals surface area contributed by atoms with Crippen LogP contribution in [0.25, 0.3) is 112 Å². The van der Waals surface area contributed by atoms with Crippen molar-refractivity contribution in [2.75, 3.05) is 0 Å². The van der Waals surface area contributed by atoms with Gasteiger partial charge in [-0.15, -0.1) is 0 Å². The van der Waals surface area contributed by atoms with Crippen molar-refractivity contribution < 1.29 is 22.0 Å². The standard InChI is InChI=1S/C53H29F5N10/c54-39-6-1-7-40(55)46(39)38-16-17-41(67-42-26-30(49-59-18-2-19-60-49)8-12-34(42)35-13-9-31(27-43(35)67)50-61-20-3-21-62-50)47(53(56,57)58)48(38)68-44-28-32(51-63-22-4-23-64-51)10-14-36(44)37-15-11-33(29-45(37)68)52-65-24-5-25-66-52/h1-29H. The van der Waals surface area contributed by atoms with Crippen LogP contribution in [0.3, 0.4) is 0 Å². The van der Waals surface area contributed by atoms with E-state index in [4.69, 9.17) is 0 Å². The third-order valence-corrected chi connectivity index (χ3v) is 12.0. The Morgan fingerprint density at radius 1 is 0.368 bits per heavy atom. The average molecular weight is 901 g/mol. The predicted molar refractivity (Wildman–Crippen MR) is 250 cm³/mol. The molecule has 0 N–H and O–H groups in total. The largest absolute Gasteiger partial charge is 0.420 e. The average Bonchev–Trinajstić information content (AvgIpc) is 3.88. The quantitative estimate of drug-likeness (QED) is 0.145. The van der Waals surface area contributed by atoms with Crippen LogP contribution < -0.4 is 0 Å². The maximum atomic E-state index is 17.1. The van der Waals surface area contributed by atoms with Gasteiger partial charge in [0, 0.05) is 98.9 Å². The smallest absolute Gasteiger partial charge is 0.309 e. The summed E-state index contributed by atoms with van der Waals surface area (Å²) in [5, 5.41) is 2.35. The molecule has 15 heteroatoms. The normalized spacial score (nSPS) is 11.9. The minimum absolute atomic E-state index is 0.283. The number of halogens is 5. The lowest BCUT2D eigenvalue weighted by Gasteiger charge is -2.25. The number of nitrogens with zero attached hydrogens (tertiary/aromatic N) is 10. The van der Waals surface area contributed by atoms with Crippen molar-refractivity contribution in [1.82, 2.24) is 49.0 Å². The summed E-state index contributed by atoms with van der Waals surface area (Å²) in [6, 6.07) is 33.8. The van der Waals surface area contributed by atoms with E-state index < -0.39 is 34.6 Å². The molecule has 0 fully saturated rings. The molecule has 6 aromatic carbocycles. The molecule has 12 rings (SSSR count). The number of benzene rings is 6. The lowest BCUT2D eigenvalue weighted by atomic mass is 9.96. The van der Waals surface area contributed by atoms with E-state index in [-0.39, 0.29) is 22.3 Å². The summed E-state index contributed by atoms with van der Waals surface area (Å²) in [7, 11) is 0. The summed E-state index contributed by atoms with van der Waals surface area (Å²) >= 11 is 0. The van der Waals surface area contributed by atoms with Gasteiger partial charge >= 0.3 is 6.18 Å². The molecule has 0 aliphatic carbocycles. The molecule has 0 unspecified atom stereocenters. The zero-order valence-corrected chi connectivity index (χ0v) is 35.1. The number of alkyl halides is 3. The number of hydrogen-bond donors (Lipinski definition) is 0. The van der Waals surface area contributed by atoms with Crippen LogP contribution in [0.1, 0.15) is 5.56 Å². The van der Waals surface area contributed by atoms with Gasteiger partial charge in [0.15, 0.2) is 23.3 Å². The van der Waals surface area contributed by atoms with Gasteiger partial charge in [-0.3, -0.25) is 0 Å². The Morgan fingerprint density at radius 2 is 0.706 bits per heavy atom. The van der Waals surface area contributed by atoms with E-state index in [1.807, 2.05) is 24.3 Å². The Balaban J connectivity index is 1.28. The molecule has 68 heavy (non-hydrogen) atoms. The molecule has 0 spiro atoms. The van der Waals surface area contributed by atoms with Crippen LogP contribution in [0.2, 0.25) is 0 Å². The molecule has 0 atom stereocenters. The molecule has 0 bridgehead atoms. The van der Waals surface area contributed by atoms with Gasteiger partial charge in [0.2, 0.25) is 0 Å². The minimum Gasteiger partial charge on any atom is -0.309 e. The molecule has 0 radical (unpaired) electrons. The number of aromatic nitrogens is 10. The molecule has 6 aromatic heterocycles. The highest BCUT2D eigenvalue weighted by Crippen LogP contribution is 2.49. The fraction of sp³-hybridized carbons (Fsp3) is 0.0189. The van der Waals surface area contributed by atoms with E-state index in [1.165, 1.54) is 27.3 Å². The second-order valence-corrected chi connectivity index (χ2v) is 15.8. The van der Waals surface area contributed by atoms with Gasteiger partial charge in [0.1, 0.15) is 17.2 Å². The van der Waals surface area contributed by atoms with Gasteiger partial charge in [-0.1, -0.05) is 54.6 Å². The highest BCUT2D eigenvalue weighted by atomic mass is 19.4. The van der Waals surface area contributed by atoms with Crippen LogP contribution in [0.5, 0.6) is 0 Å². The summed E-state index contributed by atoms with van der Waals surface area (Å²) in [6.45, 7) is 0. The molecule has 0 aliphatic rings. The molecule has 0 saturated carbocycles. The summed E-state index contributed by atoms with van der Waals surface area (Å²) in [6.07, 6.45) is 7.40. The highest BCUT2D eigenvalue weighted by molar-refractivity contribution is 6.13. The lowest BCUT2D eigenvalue weighted by molar-refractivity contribution is -0.137.